The van der Waals surface area contributed by atoms with E-state index in [0.717, 1.165) is 12.8 Å². The molecule has 60 valence electrons. The highest BCUT2D eigenvalue weighted by Gasteiger charge is 2.17. The van der Waals surface area contributed by atoms with Gasteiger partial charge in [0.25, 0.3) is 0 Å². The molecule has 0 saturated heterocycles. The van der Waals surface area contributed by atoms with Crippen molar-refractivity contribution in [2.45, 2.75) is 44.8 Å². The Bertz CT molecular complexity index is 126. The Morgan fingerprint density at radius 3 is 2.18 bits per heavy atom. The van der Waals surface area contributed by atoms with Gasteiger partial charge in [-0.25, -0.2) is 0 Å². The summed E-state index contributed by atoms with van der Waals surface area (Å²) in [5, 5.41) is 0. The molecule has 0 atom stereocenters. The third-order valence-electron chi connectivity index (χ3n) is 2.51. The summed E-state index contributed by atoms with van der Waals surface area (Å²) in [6.07, 6.45) is 7.44. The Hall–Kier alpha value is -0.265. The molecule has 11 heavy (non-hydrogen) atoms. The second-order valence-electron chi connectivity index (χ2n) is 3.36. The molecule has 2 heteroatoms. The second kappa shape index (κ2) is 4.58. The van der Waals surface area contributed by atoms with E-state index in [4.69, 9.17) is 7.85 Å². The van der Waals surface area contributed by atoms with Crippen molar-refractivity contribution in [3.05, 3.63) is 0 Å². The second-order valence-corrected chi connectivity index (χ2v) is 3.36. The topological polar surface area (TPSA) is 17.1 Å². The smallest absolute Gasteiger partial charge is 0.127 e. The third-order valence-corrected chi connectivity index (χ3v) is 2.51. The first kappa shape index (κ1) is 8.83. The molecule has 1 aliphatic carbocycles. The van der Waals surface area contributed by atoms with Crippen LogP contribution < -0.4 is 0 Å². The third kappa shape index (κ3) is 2.68. The van der Waals surface area contributed by atoms with Gasteiger partial charge in [-0.15, -0.1) is 0 Å². The summed E-state index contributed by atoms with van der Waals surface area (Å²) in [5.74, 6) is 0.564. The van der Waals surface area contributed by atoms with Gasteiger partial charge in [0.1, 0.15) is 5.78 Å². The van der Waals surface area contributed by atoms with E-state index in [-0.39, 0.29) is 12.1 Å². The van der Waals surface area contributed by atoms with E-state index < -0.39 is 0 Å². The van der Waals surface area contributed by atoms with Crippen molar-refractivity contribution < 1.29 is 4.79 Å². The lowest BCUT2D eigenvalue weighted by atomic mass is 9.87. The van der Waals surface area contributed by atoms with Crippen LogP contribution >= 0.6 is 0 Å². The molecule has 0 unspecified atom stereocenters. The van der Waals surface area contributed by atoms with Gasteiger partial charge in [0.2, 0.25) is 0 Å². The molecule has 1 nitrogen and oxygen atoms in total. The number of rotatable bonds is 2. The van der Waals surface area contributed by atoms with Crippen LogP contribution in [0.15, 0.2) is 0 Å². The standard InChI is InChI=1S/C9H15BO/c10-7-9(11)8-5-3-1-2-4-6-8/h8H,1-7H2. The average Bonchev–Trinajstić information content (AvgIpc) is 2.30. The van der Waals surface area contributed by atoms with Crippen molar-refractivity contribution in [2.75, 3.05) is 0 Å². The summed E-state index contributed by atoms with van der Waals surface area (Å²) < 4.78 is 0. The number of hydrogen-bond acceptors (Lipinski definition) is 1. The quantitative estimate of drug-likeness (QED) is 0.435. The van der Waals surface area contributed by atoms with Gasteiger partial charge in [0.15, 0.2) is 0 Å². The first-order valence-electron chi connectivity index (χ1n) is 4.57. The van der Waals surface area contributed by atoms with Gasteiger partial charge in [0.05, 0.1) is 7.85 Å². The summed E-state index contributed by atoms with van der Waals surface area (Å²) in [4.78, 5) is 11.2. The molecule has 2 radical (unpaired) electrons. The lowest BCUT2D eigenvalue weighted by molar-refractivity contribution is -0.121. The van der Waals surface area contributed by atoms with E-state index in [1.807, 2.05) is 0 Å². The Morgan fingerprint density at radius 1 is 1.18 bits per heavy atom. The van der Waals surface area contributed by atoms with Crippen LogP contribution in [0.4, 0.5) is 0 Å². The highest BCUT2D eigenvalue weighted by molar-refractivity contribution is 6.20. The Balaban J connectivity index is 2.36. The predicted octanol–water partition coefficient (Wildman–Crippen LogP) is 2.11. The molecule has 1 saturated carbocycles. The van der Waals surface area contributed by atoms with E-state index >= 15 is 0 Å². The number of hydrogen-bond donors (Lipinski definition) is 0. The molecule has 0 heterocycles. The maximum absolute atomic E-state index is 11.2. The molecule has 0 aromatic rings. The SMILES string of the molecule is [B]CC(=O)C1CCCCCC1. The van der Waals surface area contributed by atoms with Gasteiger partial charge in [-0.1, -0.05) is 25.7 Å². The summed E-state index contributed by atoms with van der Waals surface area (Å²) >= 11 is 0. The van der Waals surface area contributed by atoms with Crippen LogP contribution in [0.5, 0.6) is 0 Å². The lowest BCUT2D eigenvalue weighted by Gasteiger charge is -2.10. The Labute approximate surface area is 70.0 Å². The van der Waals surface area contributed by atoms with Crippen LogP contribution in [0.1, 0.15) is 38.5 Å². The number of carbonyl (C=O) groups is 1. The van der Waals surface area contributed by atoms with Crippen LogP contribution in [-0.4, -0.2) is 13.6 Å². The monoisotopic (exact) mass is 150 g/mol. The van der Waals surface area contributed by atoms with Gasteiger partial charge in [-0.2, -0.15) is 0 Å². The van der Waals surface area contributed by atoms with Crippen LogP contribution in [-0.2, 0) is 4.79 Å². The molecule has 1 aliphatic rings. The Kier molecular flexibility index (Phi) is 3.68. The first-order chi connectivity index (χ1) is 5.34. The van der Waals surface area contributed by atoms with E-state index in [1.165, 1.54) is 25.7 Å². The number of Topliss-reactive ketones (excluding diaryl/α,β-unsaturated/α-hetero) is 1. The molecular formula is C9H15BO. The molecule has 0 aromatic heterocycles. The first-order valence-corrected chi connectivity index (χ1v) is 4.57. The van der Waals surface area contributed by atoms with Crippen LogP contribution in [0.2, 0.25) is 6.32 Å². The number of ketones is 1. The van der Waals surface area contributed by atoms with Gasteiger partial charge in [0, 0.05) is 5.92 Å². The van der Waals surface area contributed by atoms with Crippen LogP contribution in [0, 0.1) is 5.92 Å². The fourth-order valence-electron chi connectivity index (χ4n) is 1.77. The summed E-state index contributed by atoms with van der Waals surface area (Å²) in [6, 6.07) is 0. The van der Waals surface area contributed by atoms with Crippen LogP contribution in [0.3, 0.4) is 0 Å². The van der Waals surface area contributed by atoms with Crippen molar-refractivity contribution in [1.29, 1.82) is 0 Å². The maximum atomic E-state index is 11.2. The molecule has 0 aromatic carbocycles. The molecule has 1 fully saturated rings. The number of carbonyl (C=O) groups excluding carboxylic acids is 1. The highest BCUT2D eigenvalue weighted by atomic mass is 16.1. The van der Waals surface area contributed by atoms with E-state index in [2.05, 4.69) is 0 Å². The zero-order valence-electron chi connectivity index (χ0n) is 7.01. The van der Waals surface area contributed by atoms with Gasteiger partial charge < -0.3 is 4.79 Å². The van der Waals surface area contributed by atoms with Gasteiger partial charge in [-0.05, 0) is 19.2 Å². The maximum Gasteiger partial charge on any atom is 0.127 e. The molecule has 0 amide bonds. The summed E-state index contributed by atoms with van der Waals surface area (Å²) in [5.41, 5.74) is 0. The molecule has 0 N–H and O–H groups in total. The van der Waals surface area contributed by atoms with E-state index in [1.54, 1.807) is 0 Å². The minimum atomic E-state index is 0.241. The minimum absolute atomic E-state index is 0.241. The van der Waals surface area contributed by atoms with Crippen molar-refractivity contribution >= 4 is 13.6 Å². The molecule has 0 bridgehead atoms. The van der Waals surface area contributed by atoms with Crippen molar-refractivity contribution in [3.8, 4) is 0 Å². The largest absolute Gasteiger partial charge is 0.300 e. The van der Waals surface area contributed by atoms with E-state index in [9.17, 15) is 4.79 Å². The highest BCUT2D eigenvalue weighted by Crippen LogP contribution is 2.23. The molecular weight excluding hydrogens is 135 g/mol. The van der Waals surface area contributed by atoms with Crippen molar-refractivity contribution in [2.24, 2.45) is 5.92 Å². The van der Waals surface area contributed by atoms with Crippen molar-refractivity contribution in [1.82, 2.24) is 0 Å². The fraction of sp³-hybridized carbons (Fsp3) is 0.889. The lowest BCUT2D eigenvalue weighted by Crippen LogP contribution is -2.12. The Morgan fingerprint density at radius 2 is 1.73 bits per heavy atom. The normalized spacial score (nSPS) is 21.1. The van der Waals surface area contributed by atoms with Crippen molar-refractivity contribution in [3.63, 3.8) is 0 Å². The van der Waals surface area contributed by atoms with E-state index in [0.29, 0.717) is 5.92 Å². The zero-order valence-corrected chi connectivity index (χ0v) is 7.01. The molecule has 0 aliphatic heterocycles. The minimum Gasteiger partial charge on any atom is -0.300 e. The average molecular weight is 150 g/mol. The summed E-state index contributed by atoms with van der Waals surface area (Å²) in [7, 11) is 5.30. The van der Waals surface area contributed by atoms with Gasteiger partial charge in [-0.3, -0.25) is 0 Å². The van der Waals surface area contributed by atoms with Crippen LogP contribution in [0.25, 0.3) is 0 Å². The zero-order chi connectivity index (χ0) is 8.10. The summed E-state index contributed by atoms with van der Waals surface area (Å²) in [6.45, 7) is 0. The predicted molar refractivity (Wildman–Crippen MR) is 46.8 cm³/mol. The van der Waals surface area contributed by atoms with Gasteiger partial charge >= 0.3 is 0 Å². The molecule has 1 rings (SSSR count). The fourth-order valence-corrected chi connectivity index (χ4v) is 1.77. The molecule has 0 spiro atoms.